The van der Waals surface area contributed by atoms with Gasteiger partial charge in [-0.2, -0.15) is 5.26 Å². The summed E-state index contributed by atoms with van der Waals surface area (Å²) in [5, 5.41) is 8.80. The van der Waals surface area contributed by atoms with Crippen LogP contribution in [0.1, 0.15) is 18.4 Å². The molecule has 1 fully saturated rings. The highest BCUT2D eigenvalue weighted by Crippen LogP contribution is 2.19. The zero-order valence-electron chi connectivity index (χ0n) is 10.3. The third kappa shape index (κ3) is 4.34. The van der Waals surface area contributed by atoms with Crippen LogP contribution < -0.4 is 0 Å². The quantitative estimate of drug-likeness (QED) is 0.584. The van der Waals surface area contributed by atoms with Crippen molar-refractivity contribution in [3.05, 3.63) is 29.8 Å². The SMILES string of the molecule is N#Cc1cccc(SCCOC[C@@H]2CCCO2)c1. The maximum atomic E-state index is 8.80. The Morgan fingerprint density at radius 1 is 1.50 bits per heavy atom. The van der Waals surface area contributed by atoms with Crippen LogP contribution >= 0.6 is 11.8 Å². The second-order valence-electron chi connectivity index (χ2n) is 4.20. The second-order valence-corrected chi connectivity index (χ2v) is 5.37. The van der Waals surface area contributed by atoms with Crippen molar-refractivity contribution in [2.75, 3.05) is 25.6 Å². The lowest BCUT2D eigenvalue weighted by Gasteiger charge is -2.09. The summed E-state index contributed by atoms with van der Waals surface area (Å²) >= 11 is 1.72. The van der Waals surface area contributed by atoms with Gasteiger partial charge in [0.25, 0.3) is 0 Å². The maximum Gasteiger partial charge on any atom is 0.0992 e. The number of ether oxygens (including phenoxy) is 2. The van der Waals surface area contributed by atoms with Crippen LogP contribution in [0.2, 0.25) is 0 Å². The predicted molar refractivity (Wildman–Crippen MR) is 71.7 cm³/mol. The summed E-state index contributed by atoms with van der Waals surface area (Å²) in [6.07, 6.45) is 2.58. The molecule has 1 atom stereocenters. The molecule has 0 unspecified atom stereocenters. The Hall–Kier alpha value is -1.02. The van der Waals surface area contributed by atoms with Crippen LogP contribution in [0.4, 0.5) is 0 Å². The van der Waals surface area contributed by atoms with Gasteiger partial charge in [0.1, 0.15) is 0 Å². The summed E-state index contributed by atoms with van der Waals surface area (Å²) in [6, 6.07) is 9.80. The van der Waals surface area contributed by atoms with Crippen LogP contribution in [0.15, 0.2) is 29.2 Å². The number of nitriles is 1. The number of rotatable bonds is 6. The zero-order chi connectivity index (χ0) is 12.6. The van der Waals surface area contributed by atoms with Crippen molar-refractivity contribution in [3.8, 4) is 6.07 Å². The highest BCUT2D eigenvalue weighted by molar-refractivity contribution is 7.99. The summed E-state index contributed by atoms with van der Waals surface area (Å²) in [5.41, 5.74) is 0.709. The highest BCUT2D eigenvalue weighted by atomic mass is 32.2. The zero-order valence-corrected chi connectivity index (χ0v) is 11.1. The molecule has 0 amide bonds. The Labute approximate surface area is 112 Å². The topological polar surface area (TPSA) is 42.2 Å². The molecule has 0 N–H and O–H groups in total. The maximum absolute atomic E-state index is 8.80. The van der Waals surface area contributed by atoms with E-state index < -0.39 is 0 Å². The van der Waals surface area contributed by atoms with Gasteiger partial charge >= 0.3 is 0 Å². The van der Waals surface area contributed by atoms with Gasteiger partial charge in [-0.05, 0) is 31.0 Å². The van der Waals surface area contributed by atoms with Gasteiger partial charge in [0.2, 0.25) is 0 Å². The van der Waals surface area contributed by atoms with E-state index in [1.165, 1.54) is 0 Å². The normalized spacial score (nSPS) is 18.7. The van der Waals surface area contributed by atoms with Crippen LogP contribution in [-0.4, -0.2) is 31.7 Å². The second kappa shape index (κ2) is 7.42. The molecule has 1 aromatic carbocycles. The standard InChI is InChI=1S/C14H17NO2S/c15-10-12-3-1-5-14(9-12)18-8-7-16-11-13-4-2-6-17-13/h1,3,5,9,13H,2,4,6-8,11H2/t13-/m0/s1. The number of thioether (sulfide) groups is 1. The molecule has 0 saturated carbocycles. The first-order valence-corrected chi connectivity index (χ1v) is 7.19. The van der Waals surface area contributed by atoms with E-state index >= 15 is 0 Å². The van der Waals surface area contributed by atoms with Gasteiger partial charge in [0, 0.05) is 17.3 Å². The highest BCUT2D eigenvalue weighted by Gasteiger charge is 2.14. The van der Waals surface area contributed by atoms with E-state index in [9.17, 15) is 0 Å². The average Bonchev–Trinajstić information content (AvgIpc) is 2.92. The molecule has 0 aromatic heterocycles. The van der Waals surface area contributed by atoms with Gasteiger partial charge in [-0.1, -0.05) is 6.07 Å². The minimum Gasteiger partial charge on any atom is -0.378 e. The molecule has 0 bridgehead atoms. The summed E-state index contributed by atoms with van der Waals surface area (Å²) < 4.78 is 11.1. The molecule has 18 heavy (non-hydrogen) atoms. The molecule has 1 aliphatic heterocycles. The fraction of sp³-hybridized carbons (Fsp3) is 0.500. The van der Waals surface area contributed by atoms with Crippen LogP contribution in [-0.2, 0) is 9.47 Å². The molecule has 1 saturated heterocycles. The van der Waals surface area contributed by atoms with Crippen LogP contribution in [0, 0.1) is 11.3 Å². The van der Waals surface area contributed by atoms with Gasteiger partial charge in [-0.25, -0.2) is 0 Å². The van der Waals surface area contributed by atoms with Crippen molar-refractivity contribution in [2.45, 2.75) is 23.8 Å². The van der Waals surface area contributed by atoms with Gasteiger partial charge in [0.15, 0.2) is 0 Å². The van der Waals surface area contributed by atoms with E-state index in [2.05, 4.69) is 6.07 Å². The van der Waals surface area contributed by atoms with Crippen molar-refractivity contribution in [1.29, 1.82) is 5.26 Å². The Balaban J connectivity index is 1.61. The lowest BCUT2D eigenvalue weighted by molar-refractivity contribution is 0.0226. The number of hydrogen-bond donors (Lipinski definition) is 0. The first-order chi connectivity index (χ1) is 8.88. The molecule has 2 rings (SSSR count). The molecule has 0 aliphatic carbocycles. The Morgan fingerprint density at radius 3 is 3.22 bits per heavy atom. The van der Waals surface area contributed by atoms with Gasteiger partial charge in [-0.15, -0.1) is 11.8 Å². The van der Waals surface area contributed by atoms with Crippen molar-refractivity contribution < 1.29 is 9.47 Å². The van der Waals surface area contributed by atoms with Gasteiger partial charge in [-0.3, -0.25) is 0 Å². The van der Waals surface area contributed by atoms with Crippen LogP contribution in [0.5, 0.6) is 0 Å². The van der Waals surface area contributed by atoms with Crippen LogP contribution in [0.3, 0.4) is 0 Å². The monoisotopic (exact) mass is 263 g/mol. The van der Waals surface area contributed by atoms with E-state index in [0.29, 0.717) is 18.3 Å². The smallest absolute Gasteiger partial charge is 0.0992 e. The van der Waals surface area contributed by atoms with E-state index in [4.69, 9.17) is 14.7 Å². The summed E-state index contributed by atoms with van der Waals surface area (Å²) in [5.74, 6) is 0.904. The lowest BCUT2D eigenvalue weighted by Crippen LogP contribution is -2.15. The fourth-order valence-corrected chi connectivity index (χ4v) is 2.69. The summed E-state index contributed by atoms with van der Waals surface area (Å²) in [4.78, 5) is 1.12. The Morgan fingerprint density at radius 2 is 2.44 bits per heavy atom. The van der Waals surface area contributed by atoms with Crippen molar-refractivity contribution in [3.63, 3.8) is 0 Å². The number of hydrogen-bond acceptors (Lipinski definition) is 4. The molecular weight excluding hydrogens is 246 g/mol. The minimum absolute atomic E-state index is 0.303. The summed E-state index contributed by atoms with van der Waals surface area (Å²) in [7, 11) is 0. The average molecular weight is 263 g/mol. The summed E-state index contributed by atoms with van der Waals surface area (Å²) in [6.45, 7) is 2.31. The van der Waals surface area contributed by atoms with Gasteiger partial charge in [0.05, 0.1) is 31.0 Å². The molecule has 0 radical (unpaired) electrons. The molecular formula is C14H17NO2S. The van der Waals surface area contributed by atoms with Crippen molar-refractivity contribution in [2.24, 2.45) is 0 Å². The minimum atomic E-state index is 0.303. The van der Waals surface area contributed by atoms with Crippen molar-refractivity contribution in [1.82, 2.24) is 0 Å². The number of nitrogens with zero attached hydrogens (tertiary/aromatic N) is 1. The molecule has 4 heteroatoms. The molecule has 0 spiro atoms. The molecule has 1 aromatic rings. The molecule has 1 heterocycles. The number of benzene rings is 1. The van der Waals surface area contributed by atoms with Crippen molar-refractivity contribution >= 4 is 11.8 Å². The van der Waals surface area contributed by atoms with E-state index in [1.54, 1.807) is 11.8 Å². The largest absolute Gasteiger partial charge is 0.378 e. The Bertz CT molecular complexity index is 411. The Kier molecular flexibility index (Phi) is 5.53. The third-order valence-corrected chi connectivity index (χ3v) is 3.75. The van der Waals surface area contributed by atoms with Crippen LogP contribution in [0.25, 0.3) is 0 Å². The van der Waals surface area contributed by atoms with E-state index in [-0.39, 0.29) is 0 Å². The first kappa shape index (κ1) is 13.4. The lowest BCUT2D eigenvalue weighted by atomic mass is 10.2. The predicted octanol–water partition coefficient (Wildman–Crippen LogP) is 2.85. The molecule has 96 valence electrons. The fourth-order valence-electron chi connectivity index (χ4n) is 1.86. The third-order valence-electron chi connectivity index (χ3n) is 2.79. The molecule has 1 aliphatic rings. The van der Waals surface area contributed by atoms with E-state index in [1.807, 2.05) is 24.3 Å². The van der Waals surface area contributed by atoms with E-state index in [0.717, 1.165) is 36.7 Å². The van der Waals surface area contributed by atoms with Gasteiger partial charge < -0.3 is 9.47 Å². The first-order valence-electron chi connectivity index (χ1n) is 6.21. The molecule has 3 nitrogen and oxygen atoms in total.